The van der Waals surface area contributed by atoms with Gasteiger partial charge in [-0.1, -0.05) is 12.1 Å². The summed E-state index contributed by atoms with van der Waals surface area (Å²) in [4.78, 5) is 12.7. The molecule has 0 saturated heterocycles. The summed E-state index contributed by atoms with van der Waals surface area (Å²) in [5.41, 5.74) is -1.18. The second-order valence-corrected chi connectivity index (χ2v) is 6.16. The molecule has 23 heavy (non-hydrogen) atoms. The second kappa shape index (κ2) is 7.04. The molecule has 0 fully saturated rings. The number of carbonyl (C=O) groups is 1. The van der Waals surface area contributed by atoms with E-state index in [-0.39, 0.29) is 5.69 Å². The average molecular weight is 343 g/mol. The normalized spacial score (nSPS) is 12.7. The van der Waals surface area contributed by atoms with Crippen molar-refractivity contribution < 1.29 is 22.4 Å². The Bertz CT molecular complexity index is 685. The number of carbonyl (C=O) groups excluding carboxylic acids is 1. The van der Waals surface area contributed by atoms with Crippen LogP contribution in [0.25, 0.3) is 0 Å². The van der Waals surface area contributed by atoms with Crippen molar-refractivity contribution in [1.82, 2.24) is 0 Å². The van der Waals surface area contributed by atoms with Crippen molar-refractivity contribution in [3.63, 3.8) is 0 Å². The van der Waals surface area contributed by atoms with Gasteiger partial charge >= 0.3 is 6.18 Å². The molecule has 1 amide bonds. The Labute approximate surface area is 134 Å². The van der Waals surface area contributed by atoms with Gasteiger partial charge in [0.25, 0.3) is 0 Å². The first-order valence-corrected chi connectivity index (χ1v) is 7.54. The monoisotopic (exact) mass is 343 g/mol. The molecule has 0 aromatic heterocycles. The Hall–Kier alpha value is -2.02. The summed E-state index contributed by atoms with van der Waals surface area (Å²) < 4.78 is 51.5. The van der Waals surface area contributed by atoms with Crippen LogP contribution in [0.4, 0.5) is 23.2 Å². The molecule has 0 radical (unpaired) electrons. The van der Waals surface area contributed by atoms with Crippen molar-refractivity contribution in [2.45, 2.75) is 23.2 Å². The van der Waals surface area contributed by atoms with Gasteiger partial charge in [-0.15, -0.1) is 11.8 Å². The Kier molecular flexibility index (Phi) is 5.30. The van der Waals surface area contributed by atoms with Crippen LogP contribution in [0.3, 0.4) is 0 Å². The minimum Gasteiger partial charge on any atom is -0.325 e. The quantitative estimate of drug-likeness (QED) is 0.628. The van der Waals surface area contributed by atoms with Crippen LogP contribution in [0, 0.1) is 5.82 Å². The third-order valence-corrected chi connectivity index (χ3v) is 4.10. The highest BCUT2D eigenvalue weighted by atomic mass is 32.2. The topological polar surface area (TPSA) is 29.1 Å². The molecule has 7 heteroatoms. The summed E-state index contributed by atoms with van der Waals surface area (Å²) in [7, 11) is 0. The van der Waals surface area contributed by atoms with Crippen LogP contribution in [-0.2, 0) is 11.0 Å². The zero-order valence-electron chi connectivity index (χ0n) is 12.0. The second-order valence-electron chi connectivity index (χ2n) is 4.75. The Morgan fingerprint density at radius 2 is 1.70 bits per heavy atom. The van der Waals surface area contributed by atoms with Crippen LogP contribution >= 0.6 is 11.8 Å². The molecule has 1 N–H and O–H groups in total. The minimum atomic E-state index is -4.54. The Morgan fingerprint density at radius 1 is 1.09 bits per heavy atom. The van der Waals surface area contributed by atoms with Crippen LogP contribution in [0.15, 0.2) is 53.4 Å². The van der Waals surface area contributed by atoms with E-state index in [0.29, 0.717) is 4.90 Å². The van der Waals surface area contributed by atoms with Crippen LogP contribution < -0.4 is 5.32 Å². The molecule has 2 aromatic carbocycles. The van der Waals surface area contributed by atoms with Gasteiger partial charge in [0.05, 0.1) is 16.5 Å². The van der Waals surface area contributed by atoms with E-state index >= 15 is 0 Å². The first kappa shape index (κ1) is 17.3. The Balaban J connectivity index is 2.08. The largest absolute Gasteiger partial charge is 0.418 e. The highest BCUT2D eigenvalue weighted by Gasteiger charge is 2.33. The number of hydrogen-bond acceptors (Lipinski definition) is 2. The zero-order chi connectivity index (χ0) is 17.0. The first-order valence-electron chi connectivity index (χ1n) is 6.66. The summed E-state index contributed by atoms with van der Waals surface area (Å²) in [6.45, 7) is 1.57. The number of thioether (sulfide) groups is 1. The van der Waals surface area contributed by atoms with E-state index < -0.39 is 28.7 Å². The van der Waals surface area contributed by atoms with Crippen molar-refractivity contribution in [3.05, 3.63) is 59.9 Å². The van der Waals surface area contributed by atoms with Crippen molar-refractivity contribution in [2.24, 2.45) is 0 Å². The van der Waals surface area contributed by atoms with E-state index in [9.17, 15) is 22.4 Å². The summed E-state index contributed by atoms with van der Waals surface area (Å²) in [5, 5.41) is 1.66. The molecule has 2 aromatic rings. The molecule has 1 atom stereocenters. The molecule has 0 spiro atoms. The molecule has 0 bridgehead atoms. The SMILES string of the molecule is C[C@@H](Sc1ccc(F)cc1)C(=O)Nc1ccccc1C(F)(F)F. The van der Waals surface area contributed by atoms with Crippen LogP contribution in [0.1, 0.15) is 12.5 Å². The van der Waals surface area contributed by atoms with Crippen molar-refractivity contribution >= 4 is 23.4 Å². The molecule has 0 unspecified atom stereocenters. The number of amides is 1. The lowest BCUT2D eigenvalue weighted by molar-refractivity contribution is -0.137. The van der Waals surface area contributed by atoms with Crippen LogP contribution in [0.2, 0.25) is 0 Å². The summed E-state index contributed by atoms with van der Waals surface area (Å²) in [6.07, 6.45) is -4.54. The molecule has 0 aliphatic carbocycles. The average Bonchev–Trinajstić information content (AvgIpc) is 2.49. The van der Waals surface area contributed by atoms with Crippen LogP contribution in [-0.4, -0.2) is 11.2 Å². The van der Waals surface area contributed by atoms with Gasteiger partial charge in [0.1, 0.15) is 5.82 Å². The molecule has 0 saturated carbocycles. The molecule has 122 valence electrons. The predicted octanol–water partition coefficient (Wildman–Crippen LogP) is 4.96. The first-order chi connectivity index (χ1) is 10.8. The lowest BCUT2D eigenvalue weighted by atomic mass is 10.1. The Morgan fingerprint density at radius 3 is 2.30 bits per heavy atom. The van der Waals surface area contributed by atoms with Gasteiger partial charge in [-0.3, -0.25) is 4.79 Å². The number of hydrogen-bond donors (Lipinski definition) is 1. The molecule has 0 aliphatic heterocycles. The number of anilines is 1. The molecule has 0 heterocycles. The summed E-state index contributed by atoms with van der Waals surface area (Å²) >= 11 is 1.13. The fourth-order valence-electron chi connectivity index (χ4n) is 1.84. The lowest BCUT2D eigenvalue weighted by Crippen LogP contribution is -2.24. The molecule has 2 nitrogen and oxygen atoms in total. The number of alkyl halides is 3. The molecular formula is C16H13F4NOS. The van der Waals surface area contributed by atoms with Crippen molar-refractivity contribution in [2.75, 3.05) is 5.32 Å². The maximum Gasteiger partial charge on any atom is 0.418 e. The van der Waals surface area contributed by atoms with E-state index in [1.807, 2.05) is 0 Å². The fourth-order valence-corrected chi connectivity index (χ4v) is 2.71. The summed E-state index contributed by atoms with van der Waals surface area (Å²) in [6, 6.07) is 10.3. The highest BCUT2D eigenvalue weighted by Crippen LogP contribution is 2.35. The smallest absolute Gasteiger partial charge is 0.325 e. The third-order valence-electron chi connectivity index (χ3n) is 2.99. The molecular weight excluding hydrogens is 330 g/mol. The fraction of sp³-hybridized carbons (Fsp3) is 0.188. The van der Waals surface area contributed by atoms with Gasteiger partial charge in [-0.05, 0) is 43.3 Å². The van der Waals surface area contributed by atoms with Gasteiger partial charge in [0.2, 0.25) is 5.91 Å². The van der Waals surface area contributed by atoms with Crippen LogP contribution in [0.5, 0.6) is 0 Å². The zero-order valence-corrected chi connectivity index (χ0v) is 12.8. The standard InChI is InChI=1S/C16H13F4NOS/c1-10(23-12-8-6-11(17)7-9-12)15(22)21-14-5-3-2-4-13(14)16(18,19)20/h2-10H,1H3,(H,21,22)/t10-/m1/s1. The van der Waals surface area contributed by atoms with Crippen molar-refractivity contribution in [1.29, 1.82) is 0 Å². The number of rotatable bonds is 4. The maximum atomic E-state index is 12.9. The van der Waals surface area contributed by atoms with E-state index in [0.717, 1.165) is 17.8 Å². The van der Waals surface area contributed by atoms with Gasteiger partial charge in [-0.2, -0.15) is 13.2 Å². The van der Waals surface area contributed by atoms with E-state index in [1.165, 1.54) is 42.5 Å². The molecule has 2 rings (SSSR count). The van der Waals surface area contributed by atoms with Crippen molar-refractivity contribution in [3.8, 4) is 0 Å². The number of para-hydroxylation sites is 1. The van der Waals surface area contributed by atoms with E-state index in [2.05, 4.69) is 5.32 Å². The predicted molar refractivity (Wildman–Crippen MR) is 81.8 cm³/mol. The van der Waals surface area contributed by atoms with E-state index in [4.69, 9.17) is 0 Å². The number of benzene rings is 2. The van der Waals surface area contributed by atoms with Gasteiger partial charge in [0.15, 0.2) is 0 Å². The number of nitrogens with one attached hydrogen (secondary N) is 1. The van der Waals surface area contributed by atoms with Gasteiger partial charge < -0.3 is 5.32 Å². The minimum absolute atomic E-state index is 0.281. The maximum absolute atomic E-state index is 12.9. The highest BCUT2D eigenvalue weighted by molar-refractivity contribution is 8.00. The molecule has 0 aliphatic rings. The van der Waals surface area contributed by atoms with Gasteiger partial charge in [0, 0.05) is 4.90 Å². The number of halogens is 4. The lowest BCUT2D eigenvalue weighted by Gasteiger charge is -2.16. The van der Waals surface area contributed by atoms with Gasteiger partial charge in [-0.25, -0.2) is 4.39 Å². The third kappa shape index (κ3) is 4.72. The summed E-state index contributed by atoms with van der Waals surface area (Å²) in [5.74, 6) is -0.957. The van der Waals surface area contributed by atoms with E-state index in [1.54, 1.807) is 6.92 Å².